The number of nitrogens with zero attached hydrogens (tertiary/aromatic N) is 6. The minimum Gasteiger partial charge on any atom is -0.316 e. The summed E-state index contributed by atoms with van der Waals surface area (Å²) in [5, 5.41) is 23.1. The standard InChI is InChI=1S/C12H10FN5S.C11H9N5S/c1-7-11(8-4-15-16-5-8)18-12(19-7)17-10-3-2-9(13)6-14-10;1-2-4-12-10(3-1)16-11-15-9(7-17-11)8-5-13-14-6-8/h2-6H,1H3,(H,15,16)(H,14,17,18);1-7H,(H,13,14)(H,12,15,16). The van der Waals surface area contributed by atoms with Gasteiger partial charge in [0.2, 0.25) is 0 Å². The van der Waals surface area contributed by atoms with Gasteiger partial charge in [-0.05, 0) is 31.2 Å². The van der Waals surface area contributed by atoms with Crippen LogP contribution in [0.2, 0.25) is 0 Å². The lowest BCUT2D eigenvalue weighted by molar-refractivity contribution is 0.622. The van der Waals surface area contributed by atoms with Crippen LogP contribution < -0.4 is 10.6 Å². The normalized spacial score (nSPS) is 10.5. The Bertz CT molecular complexity index is 1490. The molecular weight excluding hydrogens is 499 g/mol. The number of nitrogens with one attached hydrogen (secondary N) is 4. The van der Waals surface area contributed by atoms with Crippen LogP contribution in [0.25, 0.3) is 22.5 Å². The van der Waals surface area contributed by atoms with Crippen molar-refractivity contribution in [2.75, 3.05) is 10.6 Å². The highest BCUT2D eigenvalue weighted by atomic mass is 32.1. The third kappa shape index (κ3) is 5.76. The number of pyridine rings is 2. The number of aromatic nitrogens is 8. The summed E-state index contributed by atoms with van der Waals surface area (Å²) in [4.78, 5) is 18.1. The molecule has 0 spiro atoms. The molecule has 0 aromatic carbocycles. The number of anilines is 4. The first kappa shape index (κ1) is 23.3. The fourth-order valence-corrected chi connectivity index (χ4v) is 4.63. The topological polar surface area (TPSA) is 133 Å². The molecular formula is C23H19FN10S2. The van der Waals surface area contributed by atoms with Gasteiger partial charge in [-0.15, -0.1) is 22.7 Å². The van der Waals surface area contributed by atoms with Crippen LogP contribution in [0, 0.1) is 12.7 Å². The van der Waals surface area contributed by atoms with Crippen LogP contribution in [-0.4, -0.2) is 40.3 Å². The van der Waals surface area contributed by atoms with Gasteiger partial charge in [0.1, 0.15) is 17.5 Å². The summed E-state index contributed by atoms with van der Waals surface area (Å²) in [5.74, 6) is 0.995. The number of H-pyrrole nitrogens is 2. The number of rotatable bonds is 6. The quantitative estimate of drug-likeness (QED) is 0.218. The molecule has 6 aromatic rings. The van der Waals surface area contributed by atoms with Crippen molar-refractivity contribution in [2.45, 2.75) is 6.92 Å². The van der Waals surface area contributed by atoms with Crippen molar-refractivity contribution in [2.24, 2.45) is 0 Å². The Kier molecular flexibility index (Phi) is 7.00. The summed E-state index contributed by atoms with van der Waals surface area (Å²) in [5.41, 5.74) is 3.70. The van der Waals surface area contributed by atoms with Crippen molar-refractivity contribution in [3.63, 3.8) is 0 Å². The van der Waals surface area contributed by atoms with E-state index in [1.54, 1.807) is 30.9 Å². The van der Waals surface area contributed by atoms with Gasteiger partial charge in [0.25, 0.3) is 0 Å². The van der Waals surface area contributed by atoms with Gasteiger partial charge in [-0.2, -0.15) is 10.2 Å². The van der Waals surface area contributed by atoms with E-state index in [-0.39, 0.29) is 5.82 Å². The second kappa shape index (κ2) is 10.8. The molecule has 0 atom stereocenters. The molecule has 0 radical (unpaired) electrons. The zero-order valence-electron chi connectivity index (χ0n) is 18.8. The van der Waals surface area contributed by atoms with Crippen LogP contribution in [0.15, 0.2) is 72.9 Å². The van der Waals surface area contributed by atoms with E-state index in [0.29, 0.717) is 10.9 Å². The molecule has 13 heteroatoms. The van der Waals surface area contributed by atoms with Crippen LogP contribution in [0.3, 0.4) is 0 Å². The molecule has 10 nitrogen and oxygen atoms in total. The fraction of sp³-hybridized carbons (Fsp3) is 0.0435. The van der Waals surface area contributed by atoms with E-state index in [4.69, 9.17) is 0 Å². The van der Waals surface area contributed by atoms with Crippen molar-refractivity contribution >= 4 is 44.6 Å². The van der Waals surface area contributed by atoms with Crippen molar-refractivity contribution in [3.05, 3.63) is 83.6 Å². The summed E-state index contributed by atoms with van der Waals surface area (Å²) in [6.45, 7) is 1.99. The van der Waals surface area contributed by atoms with Gasteiger partial charge in [0.05, 0.1) is 30.0 Å². The summed E-state index contributed by atoms with van der Waals surface area (Å²) in [7, 11) is 0. The van der Waals surface area contributed by atoms with E-state index < -0.39 is 0 Å². The highest BCUT2D eigenvalue weighted by Crippen LogP contribution is 2.31. The van der Waals surface area contributed by atoms with E-state index in [0.717, 1.165) is 38.3 Å². The average Bonchev–Trinajstić information content (AvgIpc) is 3.70. The van der Waals surface area contributed by atoms with Gasteiger partial charge in [-0.1, -0.05) is 6.07 Å². The van der Waals surface area contributed by atoms with E-state index in [1.807, 2.05) is 36.7 Å². The number of aryl methyl sites for hydroxylation is 1. The molecule has 0 aliphatic rings. The second-order valence-corrected chi connectivity index (χ2v) is 9.32. The van der Waals surface area contributed by atoms with Gasteiger partial charge < -0.3 is 10.6 Å². The Morgan fingerprint density at radius 3 is 2.31 bits per heavy atom. The van der Waals surface area contributed by atoms with Crippen LogP contribution in [0.1, 0.15) is 4.88 Å². The SMILES string of the molecule is Cc1sc(Nc2ccc(F)cn2)nc1-c1cn[nH]c1.c1ccc(Nc2nc(-c3cn[nH]c3)cs2)nc1. The third-order valence-corrected chi connectivity index (χ3v) is 6.37. The summed E-state index contributed by atoms with van der Waals surface area (Å²) in [6, 6.07) is 8.64. The van der Waals surface area contributed by atoms with Crippen molar-refractivity contribution in [1.29, 1.82) is 0 Å². The number of aromatic amines is 2. The number of hydrogen-bond donors (Lipinski definition) is 4. The Labute approximate surface area is 212 Å². The van der Waals surface area contributed by atoms with E-state index in [2.05, 4.69) is 51.0 Å². The van der Waals surface area contributed by atoms with E-state index >= 15 is 0 Å². The molecule has 180 valence electrons. The van der Waals surface area contributed by atoms with Crippen molar-refractivity contribution < 1.29 is 4.39 Å². The van der Waals surface area contributed by atoms with Crippen molar-refractivity contribution in [1.82, 2.24) is 40.3 Å². The number of hydrogen-bond acceptors (Lipinski definition) is 10. The lowest BCUT2D eigenvalue weighted by atomic mass is 10.2. The predicted molar refractivity (Wildman–Crippen MR) is 139 cm³/mol. The molecule has 6 heterocycles. The number of thiazole rings is 2. The fourth-order valence-electron chi connectivity index (χ4n) is 3.06. The van der Waals surface area contributed by atoms with Crippen LogP contribution in [-0.2, 0) is 0 Å². The van der Waals surface area contributed by atoms with Gasteiger partial charge in [0.15, 0.2) is 10.3 Å². The van der Waals surface area contributed by atoms with E-state index in [1.165, 1.54) is 34.9 Å². The lowest BCUT2D eigenvalue weighted by Gasteiger charge is -1.99. The second-order valence-electron chi connectivity index (χ2n) is 7.26. The summed E-state index contributed by atoms with van der Waals surface area (Å²) < 4.78 is 12.8. The summed E-state index contributed by atoms with van der Waals surface area (Å²) in [6.07, 6.45) is 10.00. The smallest absolute Gasteiger partial charge is 0.189 e. The molecule has 0 amide bonds. The highest BCUT2D eigenvalue weighted by molar-refractivity contribution is 7.16. The molecule has 0 aliphatic carbocycles. The maximum atomic E-state index is 12.8. The largest absolute Gasteiger partial charge is 0.316 e. The molecule has 0 saturated carbocycles. The first-order valence-corrected chi connectivity index (χ1v) is 12.3. The Morgan fingerprint density at radius 1 is 0.833 bits per heavy atom. The van der Waals surface area contributed by atoms with Crippen LogP contribution in [0.4, 0.5) is 26.3 Å². The minimum atomic E-state index is -0.361. The molecule has 6 rings (SSSR count). The molecule has 6 aromatic heterocycles. The predicted octanol–water partition coefficient (Wildman–Crippen LogP) is 5.79. The maximum Gasteiger partial charge on any atom is 0.189 e. The van der Waals surface area contributed by atoms with Crippen LogP contribution in [0.5, 0.6) is 0 Å². The number of halogens is 1. The maximum absolute atomic E-state index is 12.8. The molecule has 0 fully saturated rings. The molecule has 0 aliphatic heterocycles. The zero-order valence-corrected chi connectivity index (χ0v) is 20.4. The molecule has 0 bridgehead atoms. The first-order valence-electron chi connectivity index (χ1n) is 10.6. The van der Waals surface area contributed by atoms with Crippen molar-refractivity contribution in [3.8, 4) is 22.5 Å². The third-order valence-electron chi connectivity index (χ3n) is 4.73. The zero-order chi connectivity index (χ0) is 24.7. The minimum absolute atomic E-state index is 0.361. The molecule has 36 heavy (non-hydrogen) atoms. The Balaban J connectivity index is 0.000000149. The monoisotopic (exact) mass is 518 g/mol. The first-order chi connectivity index (χ1) is 17.6. The lowest BCUT2D eigenvalue weighted by Crippen LogP contribution is -1.92. The van der Waals surface area contributed by atoms with Gasteiger partial charge >= 0.3 is 0 Å². The van der Waals surface area contributed by atoms with Gasteiger partial charge in [-0.25, -0.2) is 24.3 Å². The molecule has 0 unspecified atom stereocenters. The summed E-state index contributed by atoms with van der Waals surface area (Å²) >= 11 is 3.05. The average molecular weight is 519 g/mol. The molecule has 4 N–H and O–H groups in total. The van der Waals surface area contributed by atoms with Gasteiger partial charge in [0, 0.05) is 40.0 Å². The van der Waals surface area contributed by atoms with E-state index in [9.17, 15) is 4.39 Å². The Morgan fingerprint density at radius 2 is 1.61 bits per heavy atom. The molecule has 0 saturated heterocycles. The van der Waals surface area contributed by atoms with Gasteiger partial charge in [-0.3, -0.25) is 10.2 Å². The highest BCUT2D eigenvalue weighted by Gasteiger charge is 2.11. The Hall–Kier alpha value is -4.49. The van der Waals surface area contributed by atoms with Crippen LogP contribution >= 0.6 is 22.7 Å².